The number of nitro groups is 1. The lowest BCUT2D eigenvalue weighted by atomic mass is 9.87. The number of ether oxygens (including phenoxy) is 2. The van der Waals surface area contributed by atoms with Crippen LogP contribution >= 0.6 is 0 Å². The quantitative estimate of drug-likeness (QED) is 0.453. The molecular formula is C21H21N3O6. The van der Waals surface area contributed by atoms with Crippen LogP contribution in [0.1, 0.15) is 42.3 Å². The summed E-state index contributed by atoms with van der Waals surface area (Å²) in [5.41, 5.74) is 5.92. The number of carbonyl (C=O) groups is 2. The Hall–Kier alpha value is -3.88. The maximum Gasteiger partial charge on any atom is 0.280 e. The summed E-state index contributed by atoms with van der Waals surface area (Å²) in [7, 11) is 0. The molecule has 0 aliphatic carbocycles. The molecule has 3 rings (SSSR count). The molecule has 9 heteroatoms. The van der Waals surface area contributed by atoms with Gasteiger partial charge in [0.1, 0.15) is 0 Å². The van der Waals surface area contributed by atoms with Crippen LogP contribution in [-0.2, 0) is 10.2 Å². The zero-order valence-electron chi connectivity index (χ0n) is 16.7. The molecule has 0 bridgehead atoms. The maximum absolute atomic E-state index is 12.2. The smallest absolute Gasteiger partial charge is 0.280 e. The topological polar surface area (TPSA) is 120 Å². The largest absolute Gasteiger partial charge is 0.454 e. The summed E-state index contributed by atoms with van der Waals surface area (Å²) in [6.07, 6.45) is 2.34. The van der Waals surface area contributed by atoms with Gasteiger partial charge in [0.05, 0.1) is 16.6 Å². The van der Waals surface area contributed by atoms with Gasteiger partial charge in [-0.25, -0.2) is 0 Å². The van der Waals surface area contributed by atoms with Crippen molar-refractivity contribution in [2.45, 2.75) is 26.2 Å². The van der Waals surface area contributed by atoms with E-state index in [4.69, 9.17) is 9.47 Å². The van der Waals surface area contributed by atoms with Crippen LogP contribution in [0.25, 0.3) is 6.08 Å². The summed E-state index contributed by atoms with van der Waals surface area (Å²) in [5, 5.41) is 11.2. The number of hydrogen-bond donors (Lipinski definition) is 2. The third-order valence-corrected chi connectivity index (χ3v) is 4.45. The van der Waals surface area contributed by atoms with Gasteiger partial charge in [-0.3, -0.25) is 30.6 Å². The molecule has 0 fully saturated rings. The highest BCUT2D eigenvalue weighted by Crippen LogP contribution is 2.38. The van der Waals surface area contributed by atoms with Crippen molar-refractivity contribution in [2.75, 3.05) is 6.79 Å². The van der Waals surface area contributed by atoms with Gasteiger partial charge in [0, 0.05) is 11.6 Å². The van der Waals surface area contributed by atoms with Gasteiger partial charge in [0.15, 0.2) is 11.5 Å². The average Bonchev–Trinajstić information content (AvgIpc) is 3.16. The highest BCUT2D eigenvalue weighted by atomic mass is 16.7. The molecule has 2 aromatic carbocycles. The first-order chi connectivity index (χ1) is 14.1. The third kappa shape index (κ3) is 4.75. The zero-order chi connectivity index (χ0) is 21.9. The second-order valence-electron chi connectivity index (χ2n) is 7.63. The number of nitro benzene ring substituents is 1. The van der Waals surface area contributed by atoms with Gasteiger partial charge in [-0.2, -0.15) is 0 Å². The number of nitrogens with one attached hydrogen (secondary N) is 2. The summed E-state index contributed by atoms with van der Waals surface area (Å²) in [6, 6.07) is 9.72. The molecule has 9 nitrogen and oxygen atoms in total. The second-order valence-corrected chi connectivity index (χ2v) is 7.63. The lowest BCUT2D eigenvalue weighted by molar-refractivity contribution is -0.385. The summed E-state index contributed by atoms with van der Waals surface area (Å²) in [6.45, 7) is 6.18. The number of benzene rings is 2. The minimum absolute atomic E-state index is 0.0249. The summed E-state index contributed by atoms with van der Waals surface area (Å²) in [5.74, 6) is -0.506. The minimum Gasteiger partial charge on any atom is -0.454 e. The van der Waals surface area contributed by atoms with E-state index in [0.717, 1.165) is 11.6 Å². The third-order valence-electron chi connectivity index (χ3n) is 4.45. The van der Waals surface area contributed by atoms with Crippen molar-refractivity contribution in [1.29, 1.82) is 0 Å². The monoisotopic (exact) mass is 411 g/mol. The number of fused-ring (bicyclic) bond motifs is 1. The van der Waals surface area contributed by atoms with Gasteiger partial charge in [-0.15, -0.1) is 0 Å². The van der Waals surface area contributed by atoms with Gasteiger partial charge in [-0.1, -0.05) is 32.9 Å². The Morgan fingerprint density at radius 1 is 1.07 bits per heavy atom. The van der Waals surface area contributed by atoms with Crippen LogP contribution in [0.4, 0.5) is 5.69 Å². The van der Waals surface area contributed by atoms with E-state index in [1.165, 1.54) is 18.2 Å². The Bertz CT molecular complexity index is 1020. The molecule has 0 unspecified atom stereocenters. The average molecular weight is 411 g/mol. The molecule has 156 valence electrons. The number of nitrogens with zero attached hydrogens (tertiary/aromatic N) is 1. The van der Waals surface area contributed by atoms with E-state index in [1.807, 2.05) is 12.1 Å². The van der Waals surface area contributed by atoms with E-state index in [-0.39, 0.29) is 29.2 Å². The first-order valence-electron chi connectivity index (χ1n) is 9.12. The molecule has 0 spiro atoms. The lowest BCUT2D eigenvalue weighted by Crippen LogP contribution is -2.40. The molecule has 1 aliphatic heterocycles. The van der Waals surface area contributed by atoms with Crippen LogP contribution in [0.5, 0.6) is 11.5 Å². The van der Waals surface area contributed by atoms with Crippen molar-refractivity contribution in [3.63, 3.8) is 0 Å². The lowest BCUT2D eigenvalue weighted by Gasteiger charge is -2.19. The van der Waals surface area contributed by atoms with Crippen LogP contribution in [-0.4, -0.2) is 23.5 Å². The molecule has 0 aromatic heterocycles. The molecule has 2 aromatic rings. The van der Waals surface area contributed by atoms with Crippen LogP contribution in [0.2, 0.25) is 0 Å². The Morgan fingerprint density at radius 3 is 2.30 bits per heavy atom. The van der Waals surface area contributed by atoms with Gasteiger partial charge in [-0.05, 0) is 35.3 Å². The molecule has 0 saturated carbocycles. The normalized spacial score (nSPS) is 12.6. The fourth-order valence-corrected chi connectivity index (χ4v) is 2.76. The molecule has 0 radical (unpaired) electrons. The Kier molecular flexibility index (Phi) is 5.72. The molecule has 30 heavy (non-hydrogen) atoms. The number of carbonyl (C=O) groups excluding carboxylic acids is 2. The number of amides is 2. The van der Waals surface area contributed by atoms with E-state index in [1.54, 1.807) is 12.1 Å². The van der Waals surface area contributed by atoms with Gasteiger partial charge >= 0.3 is 0 Å². The Balaban J connectivity index is 1.63. The Labute approximate surface area is 172 Å². The predicted octanol–water partition coefficient (Wildman–Crippen LogP) is 3.10. The van der Waals surface area contributed by atoms with Crippen LogP contribution in [0.3, 0.4) is 0 Å². The summed E-state index contributed by atoms with van der Waals surface area (Å²) < 4.78 is 10.3. The second kappa shape index (κ2) is 8.24. The number of rotatable bonds is 4. The predicted molar refractivity (Wildman–Crippen MR) is 109 cm³/mol. The number of hydrogen-bond acceptors (Lipinski definition) is 6. The Morgan fingerprint density at radius 2 is 1.70 bits per heavy atom. The first kappa shape index (κ1) is 20.8. The first-order valence-corrected chi connectivity index (χ1v) is 9.12. The van der Waals surface area contributed by atoms with Crippen molar-refractivity contribution in [3.8, 4) is 11.5 Å². The highest BCUT2D eigenvalue weighted by Gasteiger charge is 2.22. The minimum atomic E-state index is -0.651. The van der Waals surface area contributed by atoms with Crippen molar-refractivity contribution >= 4 is 23.6 Å². The maximum atomic E-state index is 12.2. The fourth-order valence-electron chi connectivity index (χ4n) is 2.76. The van der Waals surface area contributed by atoms with Crippen LogP contribution in [0, 0.1) is 10.1 Å². The van der Waals surface area contributed by atoms with Crippen molar-refractivity contribution in [1.82, 2.24) is 10.9 Å². The van der Waals surface area contributed by atoms with E-state index >= 15 is 0 Å². The molecule has 0 atom stereocenters. The van der Waals surface area contributed by atoms with E-state index < -0.39 is 16.7 Å². The molecule has 1 aliphatic rings. The number of hydrazine groups is 1. The van der Waals surface area contributed by atoms with E-state index in [2.05, 4.69) is 31.6 Å². The van der Waals surface area contributed by atoms with Gasteiger partial charge in [0.2, 0.25) is 6.79 Å². The van der Waals surface area contributed by atoms with Crippen molar-refractivity contribution in [2.24, 2.45) is 0 Å². The van der Waals surface area contributed by atoms with Gasteiger partial charge in [0.25, 0.3) is 17.5 Å². The van der Waals surface area contributed by atoms with Gasteiger partial charge < -0.3 is 9.47 Å². The standard InChI is InChI=1S/C21H21N3O6/c1-21(2,3)15-7-4-13(5-8-15)20(26)23-22-19(25)9-6-14-10-17-18(30-12-29-17)11-16(14)24(27)28/h4-11H,12H2,1-3H3,(H,22,25)(H,23,26)/b9-6+. The van der Waals surface area contributed by atoms with Crippen LogP contribution < -0.4 is 20.3 Å². The van der Waals surface area contributed by atoms with Crippen molar-refractivity contribution in [3.05, 3.63) is 69.3 Å². The molecule has 2 N–H and O–H groups in total. The molecule has 1 heterocycles. The molecule has 2 amide bonds. The van der Waals surface area contributed by atoms with E-state index in [0.29, 0.717) is 11.3 Å². The summed E-state index contributed by atoms with van der Waals surface area (Å²) >= 11 is 0. The van der Waals surface area contributed by atoms with E-state index in [9.17, 15) is 19.7 Å². The van der Waals surface area contributed by atoms with Crippen LogP contribution in [0.15, 0.2) is 42.5 Å². The molecular weight excluding hydrogens is 390 g/mol. The zero-order valence-corrected chi connectivity index (χ0v) is 16.7. The highest BCUT2D eigenvalue weighted by molar-refractivity contribution is 5.98. The molecule has 0 saturated heterocycles. The van der Waals surface area contributed by atoms with Crippen molar-refractivity contribution < 1.29 is 24.0 Å². The SMILES string of the molecule is CC(C)(C)c1ccc(C(=O)NNC(=O)/C=C/c2cc3c(cc2[N+](=O)[O-])OCO3)cc1. The summed E-state index contributed by atoms with van der Waals surface area (Å²) in [4.78, 5) is 34.9. The fraction of sp³-hybridized carbons (Fsp3) is 0.238.